The predicted molar refractivity (Wildman–Crippen MR) is 114 cm³/mol. The van der Waals surface area contributed by atoms with Crippen molar-refractivity contribution in [1.82, 2.24) is 10.6 Å². The number of nitrogens with one attached hydrogen (secondary N) is 2. The molecule has 0 saturated carbocycles. The Kier molecular flexibility index (Phi) is 9.58. The van der Waals surface area contributed by atoms with Crippen LogP contribution in [0.4, 0.5) is 0 Å². The number of guanidine groups is 1. The van der Waals surface area contributed by atoms with Gasteiger partial charge in [-0.25, -0.2) is 0 Å². The molecule has 0 radical (unpaired) electrons. The second-order valence-corrected chi connectivity index (χ2v) is 8.21. The van der Waals surface area contributed by atoms with Gasteiger partial charge in [0.2, 0.25) is 0 Å². The molecule has 1 aromatic carbocycles. The molecule has 1 fully saturated rings. The van der Waals surface area contributed by atoms with E-state index < -0.39 is 0 Å². The smallest absolute Gasteiger partial charge is 0.191 e. The topological polar surface area (TPSA) is 64.1 Å². The molecule has 1 aliphatic rings. The zero-order valence-electron chi connectivity index (χ0n) is 17.9. The van der Waals surface area contributed by atoms with Crippen LogP contribution in [0, 0.1) is 5.92 Å². The molecule has 0 spiro atoms. The maximum absolute atomic E-state index is 5.80. The van der Waals surface area contributed by atoms with Crippen molar-refractivity contribution in [2.24, 2.45) is 10.9 Å². The van der Waals surface area contributed by atoms with Gasteiger partial charge in [0.25, 0.3) is 0 Å². The summed E-state index contributed by atoms with van der Waals surface area (Å²) in [4.78, 5) is 4.23. The van der Waals surface area contributed by atoms with Gasteiger partial charge in [-0.3, -0.25) is 4.99 Å². The van der Waals surface area contributed by atoms with E-state index in [-0.39, 0.29) is 5.41 Å². The minimum Gasteiger partial charge on any atom is -0.492 e. The van der Waals surface area contributed by atoms with Crippen molar-refractivity contribution in [2.75, 3.05) is 53.2 Å². The van der Waals surface area contributed by atoms with E-state index in [9.17, 15) is 0 Å². The Morgan fingerprint density at radius 2 is 1.89 bits per heavy atom. The summed E-state index contributed by atoms with van der Waals surface area (Å²) < 4.78 is 16.9. The highest BCUT2D eigenvalue weighted by molar-refractivity contribution is 5.79. The lowest BCUT2D eigenvalue weighted by Gasteiger charge is -2.19. The van der Waals surface area contributed by atoms with E-state index >= 15 is 0 Å². The number of nitrogens with zero attached hydrogens (tertiary/aromatic N) is 1. The molecule has 0 aromatic heterocycles. The highest BCUT2D eigenvalue weighted by atomic mass is 16.5. The molecule has 0 aliphatic carbocycles. The third-order valence-corrected chi connectivity index (χ3v) is 4.74. The molecule has 2 rings (SSSR count). The summed E-state index contributed by atoms with van der Waals surface area (Å²) in [5.41, 5.74) is 1.47. The largest absolute Gasteiger partial charge is 0.492 e. The Hall–Kier alpha value is -1.79. The Bertz CT molecular complexity index is 576. The maximum Gasteiger partial charge on any atom is 0.191 e. The zero-order valence-corrected chi connectivity index (χ0v) is 17.9. The molecular formula is C22H37N3O3. The summed E-state index contributed by atoms with van der Waals surface area (Å²) in [7, 11) is 1.78. The van der Waals surface area contributed by atoms with E-state index in [1.54, 1.807) is 7.05 Å². The lowest BCUT2D eigenvalue weighted by atomic mass is 9.87. The van der Waals surface area contributed by atoms with E-state index in [1.165, 1.54) is 5.56 Å². The summed E-state index contributed by atoms with van der Waals surface area (Å²) >= 11 is 0. The summed E-state index contributed by atoms with van der Waals surface area (Å²) in [6.07, 6.45) is 2.07. The van der Waals surface area contributed by atoms with Crippen LogP contribution in [0.25, 0.3) is 0 Å². The molecule has 1 aromatic rings. The fraction of sp³-hybridized carbons (Fsp3) is 0.682. The van der Waals surface area contributed by atoms with Crippen molar-refractivity contribution in [3.63, 3.8) is 0 Å². The first kappa shape index (κ1) is 22.5. The van der Waals surface area contributed by atoms with E-state index in [0.717, 1.165) is 57.5 Å². The van der Waals surface area contributed by atoms with Crippen LogP contribution >= 0.6 is 0 Å². The van der Waals surface area contributed by atoms with Crippen LogP contribution in [0.2, 0.25) is 0 Å². The van der Waals surface area contributed by atoms with Gasteiger partial charge in [-0.15, -0.1) is 0 Å². The second-order valence-electron chi connectivity index (χ2n) is 8.21. The van der Waals surface area contributed by atoms with Gasteiger partial charge >= 0.3 is 0 Å². The fourth-order valence-corrected chi connectivity index (χ4v) is 2.96. The highest BCUT2D eigenvalue weighted by Crippen LogP contribution is 2.24. The molecular weight excluding hydrogens is 354 g/mol. The minimum absolute atomic E-state index is 0.161. The normalized spacial score (nSPS) is 17.6. The molecule has 1 atom stereocenters. The zero-order chi connectivity index (χ0) is 20.2. The average molecular weight is 392 g/mol. The van der Waals surface area contributed by atoms with Gasteiger partial charge in [0.05, 0.1) is 19.8 Å². The van der Waals surface area contributed by atoms with Crippen LogP contribution in [0.15, 0.2) is 29.3 Å². The molecule has 6 heteroatoms. The Morgan fingerprint density at radius 3 is 2.54 bits per heavy atom. The summed E-state index contributed by atoms with van der Waals surface area (Å²) in [6.45, 7) is 12.0. The number of hydrogen-bond donors (Lipinski definition) is 2. The van der Waals surface area contributed by atoms with Crippen molar-refractivity contribution >= 4 is 5.96 Å². The number of ether oxygens (including phenoxy) is 3. The molecule has 1 saturated heterocycles. The average Bonchev–Trinajstić information content (AvgIpc) is 3.19. The summed E-state index contributed by atoms with van der Waals surface area (Å²) in [5.74, 6) is 2.26. The van der Waals surface area contributed by atoms with Crippen molar-refractivity contribution in [3.05, 3.63) is 29.8 Å². The molecule has 2 N–H and O–H groups in total. The minimum atomic E-state index is 0.161. The summed E-state index contributed by atoms with van der Waals surface area (Å²) in [6, 6.07) is 8.33. The molecule has 158 valence electrons. The van der Waals surface area contributed by atoms with Crippen LogP contribution < -0.4 is 15.4 Å². The predicted octanol–water partition coefficient (Wildman–Crippen LogP) is 2.97. The van der Waals surface area contributed by atoms with Gasteiger partial charge in [0, 0.05) is 32.7 Å². The molecule has 28 heavy (non-hydrogen) atoms. The second kappa shape index (κ2) is 11.9. The molecule has 1 unspecified atom stereocenters. The van der Waals surface area contributed by atoms with Crippen LogP contribution in [-0.4, -0.2) is 59.1 Å². The molecule has 1 heterocycles. The standard InChI is InChI=1S/C22H37N3O3/c1-22(2,3)19-6-8-20(9-7-19)28-15-12-25-21(23-4)24-11-5-13-26-16-18-10-14-27-17-18/h6-9,18H,5,10-17H2,1-4H3,(H2,23,24,25). The van der Waals surface area contributed by atoms with Crippen molar-refractivity contribution in [2.45, 2.75) is 39.0 Å². The van der Waals surface area contributed by atoms with Crippen LogP contribution in [0.1, 0.15) is 39.2 Å². The Labute approximate surface area is 170 Å². The third kappa shape index (κ3) is 8.48. The third-order valence-electron chi connectivity index (χ3n) is 4.74. The van der Waals surface area contributed by atoms with Gasteiger partial charge in [-0.1, -0.05) is 32.9 Å². The Morgan fingerprint density at radius 1 is 1.14 bits per heavy atom. The van der Waals surface area contributed by atoms with Gasteiger partial charge in [-0.2, -0.15) is 0 Å². The number of rotatable bonds is 10. The van der Waals surface area contributed by atoms with Gasteiger partial charge in [-0.05, 0) is 36.0 Å². The van der Waals surface area contributed by atoms with E-state index in [1.807, 2.05) is 12.1 Å². The maximum atomic E-state index is 5.80. The first-order chi connectivity index (χ1) is 13.5. The molecule has 6 nitrogen and oxygen atoms in total. The van der Waals surface area contributed by atoms with Crippen LogP contribution in [-0.2, 0) is 14.9 Å². The van der Waals surface area contributed by atoms with E-state index in [4.69, 9.17) is 14.2 Å². The van der Waals surface area contributed by atoms with Gasteiger partial charge < -0.3 is 24.8 Å². The fourth-order valence-electron chi connectivity index (χ4n) is 2.96. The molecule has 0 amide bonds. The molecule has 1 aliphatic heterocycles. The lowest BCUT2D eigenvalue weighted by molar-refractivity contribution is 0.0888. The highest BCUT2D eigenvalue weighted by Gasteiger charge is 2.15. The van der Waals surface area contributed by atoms with Crippen LogP contribution in [0.3, 0.4) is 0 Å². The number of benzene rings is 1. The van der Waals surface area contributed by atoms with Crippen molar-refractivity contribution in [1.29, 1.82) is 0 Å². The van der Waals surface area contributed by atoms with E-state index in [2.05, 4.69) is 48.5 Å². The molecule has 0 bridgehead atoms. The number of hydrogen-bond acceptors (Lipinski definition) is 4. The van der Waals surface area contributed by atoms with Crippen molar-refractivity contribution in [3.8, 4) is 5.75 Å². The Balaban J connectivity index is 1.52. The lowest BCUT2D eigenvalue weighted by Crippen LogP contribution is -2.39. The quantitative estimate of drug-likeness (QED) is 0.365. The van der Waals surface area contributed by atoms with Crippen LogP contribution in [0.5, 0.6) is 5.75 Å². The summed E-state index contributed by atoms with van der Waals surface area (Å²) in [5, 5.41) is 6.57. The van der Waals surface area contributed by atoms with E-state index in [0.29, 0.717) is 19.1 Å². The van der Waals surface area contributed by atoms with Crippen molar-refractivity contribution < 1.29 is 14.2 Å². The van der Waals surface area contributed by atoms with Gasteiger partial charge in [0.1, 0.15) is 12.4 Å². The monoisotopic (exact) mass is 391 g/mol. The van der Waals surface area contributed by atoms with Gasteiger partial charge in [0.15, 0.2) is 5.96 Å². The first-order valence-corrected chi connectivity index (χ1v) is 10.3. The SMILES string of the molecule is CN=C(NCCCOCC1CCOC1)NCCOc1ccc(C(C)(C)C)cc1. The number of aliphatic imine (C=N–C) groups is 1. The first-order valence-electron chi connectivity index (χ1n) is 10.3.